The molecule has 0 radical (unpaired) electrons. The van der Waals surface area contributed by atoms with E-state index in [0.29, 0.717) is 52.7 Å². The Hall–Kier alpha value is -3.10. The largest absolute Gasteiger partial charge is 0.493 e. The van der Waals surface area contributed by atoms with Crippen molar-refractivity contribution in [3.05, 3.63) is 64.2 Å². The van der Waals surface area contributed by atoms with Crippen LogP contribution in [0.15, 0.2) is 42.7 Å². The van der Waals surface area contributed by atoms with Crippen molar-refractivity contribution >= 4 is 29.1 Å². The van der Waals surface area contributed by atoms with Crippen molar-refractivity contribution in [1.29, 1.82) is 0 Å². The summed E-state index contributed by atoms with van der Waals surface area (Å²) in [5.41, 5.74) is 1.01. The Balaban J connectivity index is 1.37. The first-order valence-corrected chi connectivity index (χ1v) is 12.3. The fraction of sp³-hybridized carbons (Fsp3) is 0.385. The maximum absolute atomic E-state index is 12.7. The lowest BCUT2D eigenvalue weighted by molar-refractivity contribution is -0.134. The van der Waals surface area contributed by atoms with Crippen molar-refractivity contribution in [3.63, 3.8) is 0 Å². The molecule has 3 aromatic rings. The second-order valence-corrected chi connectivity index (χ2v) is 9.31. The van der Waals surface area contributed by atoms with Crippen molar-refractivity contribution in [2.24, 2.45) is 0 Å². The Bertz CT molecular complexity index is 1180. The van der Waals surface area contributed by atoms with Crippen molar-refractivity contribution in [2.75, 3.05) is 41.0 Å². The van der Waals surface area contributed by atoms with E-state index in [9.17, 15) is 4.79 Å². The minimum atomic E-state index is -0.0692. The van der Waals surface area contributed by atoms with Crippen LogP contribution in [0.3, 0.4) is 0 Å². The summed E-state index contributed by atoms with van der Waals surface area (Å²) in [5.74, 6) is 3.41. The van der Waals surface area contributed by atoms with Crippen LogP contribution in [0.4, 0.5) is 0 Å². The van der Waals surface area contributed by atoms with E-state index < -0.39 is 0 Å². The molecule has 0 saturated carbocycles. The van der Waals surface area contributed by atoms with Crippen LogP contribution in [0, 0.1) is 0 Å². The molecule has 4 rings (SSSR count). The molecule has 1 aromatic heterocycles. The number of rotatable bonds is 9. The fourth-order valence-corrected chi connectivity index (χ4v) is 4.91. The van der Waals surface area contributed by atoms with Gasteiger partial charge in [0.15, 0.2) is 18.1 Å². The van der Waals surface area contributed by atoms with Gasteiger partial charge in [0, 0.05) is 43.0 Å². The second-order valence-electron chi connectivity index (χ2n) is 8.47. The van der Waals surface area contributed by atoms with E-state index in [1.807, 2.05) is 29.4 Å². The summed E-state index contributed by atoms with van der Waals surface area (Å²) >= 11 is 12.0. The Morgan fingerprint density at radius 1 is 1.00 bits per heavy atom. The molecule has 1 fully saturated rings. The molecule has 0 bridgehead atoms. The number of halogens is 2. The molecule has 1 aliphatic heterocycles. The molecule has 10 heteroatoms. The van der Waals surface area contributed by atoms with Gasteiger partial charge in [-0.2, -0.15) is 0 Å². The molecule has 0 aliphatic carbocycles. The maximum Gasteiger partial charge on any atom is 0.260 e. The highest BCUT2D eigenvalue weighted by Crippen LogP contribution is 2.38. The molecule has 36 heavy (non-hydrogen) atoms. The number of carbonyl (C=O) groups excluding carboxylic acids is 1. The Morgan fingerprint density at radius 2 is 1.69 bits per heavy atom. The zero-order valence-corrected chi connectivity index (χ0v) is 22.0. The number of methoxy groups -OCH3 is 3. The summed E-state index contributed by atoms with van der Waals surface area (Å²) < 4.78 is 24.2. The van der Waals surface area contributed by atoms with Crippen molar-refractivity contribution in [3.8, 4) is 23.0 Å². The number of piperidine rings is 1. The average molecular weight is 534 g/mol. The normalized spacial score (nSPS) is 14.0. The number of nitrogens with zero attached hydrogens (tertiary/aromatic N) is 3. The maximum atomic E-state index is 12.7. The molecule has 1 saturated heterocycles. The quantitative estimate of drug-likeness (QED) is 0.383. The van der Waals surface area contributed by atoms with Crippen LogP contribution in [0.5, 0.6) is 23.0 Å². The van der Waals surface area contributed by atoms with Gasteiger partial charge in [-0.05, 0) is 48.7 Å². The van der Waals surface area contributed by atoms with E-state index >= 15 is 0 Å². The summed E-state index contributed by atoms with van der Waals surface area (Å²) in [6.07, 6.45) is 5.42. The van der Waals surface area contributed by atoms with Gasteiger partial charge >= 0.3 is 0 Å². The van der Waals surface area contributed by atoms with E-state index in [1.54, 1.807) is 39.5 Å². The van der Waals surface area contributed by atoms with Gasteiger partial charge in [-0.15, -0.1) is 0 Å². The number of likely N-dealkylation sites (tertiary alicyclic amines) is 1. The molecule has 0 unspecified atom stereocenters. The van der Waals surface area contributed by atoms with Gasteiger partial charge in [-0.3, -0.25) is 4.79 Å². The summed E-state index contributed by atoms with van der Waals surface area (Å²) in [4.78, 5) is 19.2. The molecule has 0 N–H and O–H groups in total. The number of ether oxygens (including phenoxy) is 4. The first kappa shape index (κ1) is 26.0. The zero-order valence-electron chi connectivity index (χ0n) is 20.5. The Morgan fingerprint density at radius 3 is 2.31 bits per heavy atom. The van der Waals surface area contributed by atoms with Crippen LogP contribution in [0.1, 0.15) is 30.1 Å². The molecule has 2 aromatic carbocycles. The minimum absolute atomic E-state index is 0.0677. The van der Waals surface area contributed by atoms with Gasteiger partial charge in [-0.25, -0.2) is 4.98 Å². The van der Waals surface area contributed by atoms with E-state index in [4.69, 9.17) is 42.1 Å². The van der Waals surface area contributed by atoms with Gasteiger partial charge in [0.05, 0.1) is 26.4 Å². The molecule has 8 nitrogen and oxygen atoms in total. The lowest BCUT2D eigenvalue weighted by atomic mass is 9.95. The molecule has 0 atom stereocenters. The lowest BCUT2D eigenvalue weighted by Crippen LogP contribution is -2.40. The Kier molecular flexibility index (Phi) is 8.48. The number of carbonyl (C=O) groups is 1. The number of amides is 1. The molecule has 1 aliphatic rings. The SMILES string of the molecule is COc1cc(Cn2ccnc2C2CCN(C(=O)COc3ccc(Cl)cc3Cl)CC2)cc(OC)c1OC. The van der Waals surface area contributed by atoms with Gasteiger partial charge < -0.3 is 28.4 Å². The second kappa shape index (κ2) is 11.8. The zero-order chi connectivity index (χ0) is 25.7. The third kappa shape index (κ3) is 5.82. The van der Waals surface area contributed by atoms with Crippen LogP contribution in [-0.4, -0.2) is 61.4 Å². The predicted molar refractivity (Wildman–Crippen MR) is 138 cm³/mol. The molecule has 0 spiro atoms. The third-order valence-corrected chi connectivity index (χ3v) is 6.81. The number of aromatic nitrogens is 2. The summed E-state index contributed by atoms with van der Waals surface area (Å²) in [6, 6.07) is 8.82. The minimum Gasteiger partial charge on any atom is -0.493 e. The van der Waals surface area contributed by atoms with Gasteiger partial charge in [0.1, 0.15) is 11.6 Å². The highest BCUT2D eigenvalue weighted by Gasteiger charge is 2.27. The van der Waals surface area contributed by atoms with Crippen LogP contribution >= 0.6 is 23.2 Å². The molecule has 1 amide bonds. The van der Waals surface area contributed by atoms with Crippen LogP contribution in [0.25, 0.3) is 0 Å². The lowest BCUT2D eigenvalue weighted by Gasteiger charge is -2.32. The molecule has 192 valence electrons. The van der Waals surface area contributed by atoms with Gasteiger partial charge in [0.25, 0.3) is 5.91 Å². The smallest absolute Gasteiger partial charge is 0.260 e. The standard InChI is InChI=1S/C26H29Cl2N3O5/c1-33-22-12-17(13-23(34-2)25(22)35-3)15-31-11-8-29-26(31)18-6-9-30(10-7-18)24(32)16-36-21-5-4-19(27)14-20(21)28/h4-5,8,11-14,18H,6-7,9-10,15-16H2,1-3H3. The first-order valence-electron chi connectivity index (χ1n) is 11.6. The Labute approximate surface area is 220 Å². The number of imidazole rings is 1. The summed E-state index contributed by atoms with van der Waals surface area (Å²) in [7, 11) is 4.80. The van der Waals surface area contributed by atoms with Crippen molar-refractivity contribution in [2.45, 2.75) is 25.3 Å². The monoisotopic (exact) mass is 533 g/mol. The van der Waals surface area contributed by atoms with Crippen LogP contribution < -0.4 is 18.9 Å². The number of hydrogen-bond donors (Lipinski definition) is 0. The summed E-state index contributed by atoms with van der Waals surface area (Å²) in [5, 5.41) is 0.900. The third-order valence-electron chi connectivity index (χ3n) is 6.28. The predicted octanol–water partition coefficient (Wildman–Crippen LogP) is 5.05. The number of hydrogen-bond acceptors (Lipinski definition) is 6. The van der Waals surface area contributed by atoms with Crippen LogP contribution in [-0.2, 0) is 11.3 Å². The molecule has 2 heterocycles. The van der Waals surface area contributed by atoms with Crippen LogP contribution in [0.2, 0.25) is 10.0 Å². The summed E-state index contributed by atoms with van der Waals surface area (Å²) in [6.45, 7) is 1.82. The molecular weight excluding hydrogens is 505 g/mol. The topological polar surface area (TPSA) is 75.1 Å². The van der Waals surface area contributed by atoms with Gasteiger partial charge in [0.2, 0.25) is 5.75 Å². The van der Waals surface area contributed by atoms with E-state index in [1.165, 1.54) is 0 Å². The van der Waals surface area contributed by atoms with Gasteiger partial charge in [-0.1, -0.05) is 23.2 Å². The fourth-order valence-electron chi connectivity index (χ4n) is 4.45. The average Bonchev–Trinajstić information content (AvgIpc) is 3.35. The van der Waals surface area contributed by atoms with Crippen molar-refractivity contribution < 1.29 is 23.7 Å². The van der Waals surface area contributed by atoms with E-state index in [0.717, 1.165) is 24.2 Å². The van der Waals surface area contributed by atoms with Crippen molar-refractivity contribution in [1.82, 2.24) is 14.5 Å². The van der Waals surface area contributed by atoms with E-state index in [-0.39, 0.29) is 18.4 Å². The highest BCUT2D eigenvalue weighted by atomic mass is 35.5. The first-order chi connectivity index (χ1) is 17.4. The number of benzene rings is 2. The molecular formula is C26H29Cl2N3O5. The highest BCUT2D eigenvalue weighted by molar-refractivity contribution is 6.35. The van der Waals surface area contributed by atoms with E-state index in [2.05, 4.69) is 9.55 Å².